The third kappa shape index (κ3) is 4.08. The van der Waals surface area contributed by atoms with Gasteiger partial charge in [-0.3, -0.25) is 0 Å². The van der Waals surface area contributed by atoms with Gasteiger partial charge in [-0.05, 0) is 35.4 Å². The predicted molar refractivity (Wildman–Crippen MR) is 112 cm³/mol. The molecule has 0 radical (unpaired) electrons. The van der Waals surface area contributed by atoms with Crippen molar-refractivity contribution in [2.45, 2.75) is 0 Å². The topological polar surface area (TPSA) is 37.8 Å². The standard InChI is InChI=1S/C22H17N3.ClH/c1-2-6-17(7-3-1)10-11-18-12-14-19(15-13-18)25-22-20-8-4-5-9-21(20)23-16-24-22;/h1-16H,(H,23,24,25);1H/b11-10+;. The molecule has 0 saturated carbocycles. The number of nitrogens with zero attached hydrogens (tertiary/aromatic N) is 2. The summed E-state index contributed by atoms with van der Waals surface area (Å²) in [5.74, 6) is 0.818. The van der Waals surface area contributed by atoms with E-state index in [4.69, 9.17) is 0 Å². The van der Waals surface area contributed by atoms with Gasteiger partial charge in [0.1, 0.15) is 12.1 Å². The monoisotopic (exact) mass is 359 g/mol. The Hall–Kier alpha value is -3.17. The van der Waals surface area contributed by atoms with Gasteiger partial charge in [0.2, 0.25) is 0 Å². The van der Waals surface area contributed by atoms with Crippen LogP contribution in [0.15, 0.2) is 85.2 Å². The molecule has 1 aromatic heterocycles. The van der Waals surface area contributed by atoms with E-state index in [0.717, 1.165) is 28.0 Å². The van der Waals surface area contributed by atoms with Crippen molar-refractivity contribution >= 4 is 47.0 Å². The molecular weight excluding hydrogens is 342 g/mol. The largest absolute Gasteiger partial charge is 0.340 e. The van der Waals surface area contributed by atoms with E-state index in [1.165, 1.54) is 5.56 Å². The average Bonchev–Trinajstić information content (AvgIpc) is 2.69. The zero-order valence-corrected chi connectivity index (χ0v) is 14.9. The molecule has 0 saturated heterocycles. The summed E-state index contributed by atoms with van der Waals surface area (Å²) in [5, 5.41) is 4.38. The van der Waals surface area contributed by atoms with Crippen LogP contribution < -0.4 is 5.32 Å². The Kier molecular flexibility index (Phi) is 5.62. The Bertz CT molecular complexity index is 1010. The minimum absolute atomic E-state index is 0. The fourth-order valence-corrected chi connectivity index (χ4v) is 2.68. The van der Waals surface area contributed by atoms with Crippen LogP contribution in [-0.2, 0) is 0 Å². The van der Waals surface area contributed by atoms with Crippen LogP contribution in [0.3, 0.4) is 0 Å². The van der Waals surface area contributed by atoms with Crippen LogP contribution in [0.5, 0.6) is 0 Å². The molecule has 0 fully saturated rings. The van der Waals surface area contributed by atoms with Gasteiger partial charge in [-0.15, -0.1) is 12.4 Å². The zero-order chi connectivity index (χ0) is 16.9. The number of aromatic nitrogens is 2. The maximum Gasteiger partial charge on any atom is 0.141 e. The predicted octanol–water partition coefficient (Wildman–Crippen LogP) is 5.97. The van der Waals surface area contributed by atoms with Crippen LogP contribution in [-0.4, -0.2) is 9.97 Å². The molecule has 1 N–H and O–H groups in total. The summed E-state index contributed by atoms with van der Waals surface area (Å²) in [4.78, 5) is 8.65. The molecule has 4 aromatic rings. The van der Waals surface area contributed by atoms with Crippen LogP contribution in [0.1, 0.15) is 11.1 Å². The van der Waals surface area contributed by atoms with E-state index in [2.05, 4.69) is 63.8 Å². The highest BCUT2D eigenvalue weighted by Gasteiger charge is 2.03. The minimum Gasteiger partial charge on any atom is -0.340 e. The lowest BCUT2D eigenvalue weighted by Crippen LogP contribution is -1.95. The maximum absolute atomic E-state index is 4.36. The smallest absolute Gasteiger partial charge is 0.141 e. The quantitative estimate of drug-likeness (QED) is 0.456. The molecule has 0 spiro atoms. The number of para-hydroxylation sites is 1. The lowest BCUT2D eigenvalue weighted by Gasteiger charge is -2.08. The number of hydrogen-bond donors (Lipinski definition) is 1. The number of halogens is 1. The van der Waals surface area contributed by atoms with Crippen molar-refractivity contribution in [2.75, 3.05) is 5.32 Å². The molecule has 4 rings (SSSR count). The third-order valence-electron chi connectivity index (χ3n) is 3.98. The second kappa shape index (κ2) is 8.28. The van der Waals surface area contributed by atoms with Crippen molar-refractivity contribution < 1.29 is 0 Å². The SMILES string of the molecule is C(=C\c1ccc(Nc2ncnc3ccccc23)cc1)/c1ccccc1.Cl. The average molecular weight is 360 g/mol. The highest BCUT2D eigenvalue weighted by molar-refractivity contribution is 5.90. The van der Waals surface area contributed by atoms with Gasteiger partial charge in [0.15, 0.2) is 0 Å². The van der Waals surface area contributed by atoms with Crippen molar-refractivity contribution in [3.8, 4) is 0 Å². The van der Waals surface area contributed by atoms with Crippen molar-refractivity contribution in [2.24, 2.45) is 0 Å². The molecule has 3 aromatic carbocycles. The van der Waals surface area contributed by atoms with Crippen molar-refractivity contribution in [1.29, 1.82) is 0 Å². The molecular formula is C22H18ClN3. The number of rotatable bonds is 4. The van der Waals surface area contributed by atoms with E-state index in [9.17, 15) is 0 Å². The van der Waals surface area contributed by atoms with Gasteiger partial charge in [0.25, 0.3) is 0 Å². The molecule has 26 heavy (non-hydrogen) atoms. The number of hydrogen-bond acceptors (Lipinski definition) is 3. The molecule has 4 heteroatoms. The minimum atomic E-state index is 0. The van der Waals surface area contributed by atoms with Gasteiger partial charge in [-0.2, -0.15) is 0 Å². The Morgan fingerprint density at radius 1 is 0.654 bits per heavy atom. The third-order valence-corrected chi connectivity index (χ3v) is 3.98. The molecule has 0 aliphatic carbocycles. The van der Waals surface area contributed by atoms with Crippen LogP contribution in [0.2, 0.25) is 0 Å². The van der Waals surface area contributed by atoms with Crippen molar-refractivity contribution in [3.63, 3.8) is 0 Å². The number of anilines is 2. The summed E-state index contributed by atoms with van der Waals surface area (Å²) in [6.07, 6.45) is 5.81. The first kappa shape index (κ1) is 17.6. The van der Waals surface area contributed by atoms with Gasteiger partial charge in [-0.25, -0.2) is 9.97 Å². The number of benzene rings is 3. The van der Waals surface area contributed by atoms with Gasteiger partial charge in [-0.1, -0.05) is 66.7 Å². The summed E-state index contributed by atoms with van der Waals surface area (Å²) in [7, 11) is 0. The highest BCUT2D eigenvalue weighted by atomic mass is 35.5. The van der Waals surface area contributed by atoms with Gasteiger partial charge < -0.3 is 5.32 Å². The molecule has 0 amide bonds. The van der Waals surface area contributed by atoms with E-state index in [0.29, 0.717) is 0 Å². The van der Waals surface area contributed by atoms with Crippen LogP contribution in [0, 0.1) is 0 Å². The lowest BCUT2D eigenvalue weighted by molar-refractivity contribution is 1.22. The van der Waals surface area contributed by atoms with Gasteiger partial charge >= 0.3 is 0 Å². The Labute approximate surface area is 158 Å². The van der Waals surface area contributed by atoms with Crippen molar-refractivity contribution in [3.05, 3.63) is 96.3 Å². The zero-order valence-electron chi connectivity index (χ0n) is 14.0. The first-order chi connectivity index (χ1) is 12.4. The van der Waals surface area contributed by atoms with Crippen LogP contribution in [0.4, 0.5) is 11.5 Å². The molecule has 0 atom stereocenters. The lowest BCUT2D eigenvalue weighted by atomic mass is 10.1. The van der Waals surface area contributed by atoms with E-state index >= 15 is 0 Å². The molecule has 0 aliphatic heterocycles. The summed E-state index contributed by atoms with van der Waals surface area (Å²) < 4.78 is 0. The fraction of sp³-hybridized carbons (Fsp3) is 0. The molecule has 0 unspecified atom stereocenters. The van der Waals surface area contributed by atoms with E-state index in [1.54, 1.807) is 6.33 Å². The van der Waals surface area contributed by atoms with Crippen LogP contribution in [0.25, 0.3) is 23.1 Å². The summed E-state index contributed by atoms with van der Waals surface area (Å²) in [5.41, 5.74) is 4.28. The van der Waals surface area contributed by atoms with E-state index < -0.39 is 0 Å². The normalized spacial score (nSPS) is 10.6. The molecule has 0 aliphatic rings. The Morgan fingerprint density at radius 3 is 2.08 bits per heavy atom. The second-order valence-electron chi connectivity index (χ2n) is 5.73. The summed E-state index contributed by atoms with van der Waals surface area (Å²) in [6.45, 7) is 0. The first-order valence-electron chi connectivity index (χ1n) is 8.18. The summed E-state index contributed by atoms with van der Waals surface area (Å²) in [6, 6.07) is 26.6. The second-order valence-corrected chi connectivity index (χ2v) is 5.73. The molecule has 128 valence electrons. The van der Waals surface area contributed by atoms with Gasteiger partial charge in [0.05, 0.1) is 5.52 Å². The van der Waals surface area contributed by atoms with Crippen molar-refractivity contribution in [1.82, 2.24) is 9.97 Å². The number of nitrogens with one attached hydrogen (secondary N) is 1. The Morgan fingerprint density at radius 2 is 1.31 bits per heavy atom. The van der Waals surface area contributed by atoms with Gasteiger partial charge in [0, 0.05) is 11.1 Å². The fourth-order valence-electron chi connectivity index (χ4n) is 2.68. The number of fused-ring (bicyclic) bond motifs is 1. The van der Waals surface area contributed by atoms with E-state index in [-0.39, 0.29) is 12.4 Å². The first-order valence-corrected chi connectivity index (χ1v) is 8.18. The Balaban J connectivity index is 0.00000196. The molecule has 3 nitrogen and oxygen atoms in total. The summed E-state index contributed by atoms with van der Waals surface area (Å²) >= 11 is 0. The highest BCUT2D eigenvalue weighted by Crippen LogP contribution is 2.23. The molecule has 0 bridgehead atoms. The van der Waals surface area contributed by atoms with Crippen LogP contribution >= 0.6 is 12.4 Å². The maximum atomic E-state index is 4.36. The molecule has 1 heterocycles. The van der Waals surface area contributed by atoms with E-state index in [1.807, 2.05) is 42.5 Å².